The number of nitrogens with one attached hydrogen (secondary N) is 1. The third-order valence-electron chi connectivity index (χ3n) is 8.04. The fraction of sp³-hybridized carbons (Fsp3) is 0.625. The van der Waals surface area contributed by atoms with Gasteiger partial charge in [0.05, 0.1) is 16.6 Å². The number of aliphatic hydroxyl groups excluding tert-OH is 1. The van der Waals surface area contributed by atoms with Crippen LogP contribution in [-0.2, 0) is 16.6 Å². The second-order valence-corrected chi connectivity index (χ2v) is 10.3. The van der Waals surface area contributed by atoms with Crippen LogP contribution in [0.4, 0.5) is 0 Å². The van der Waals surface area contributed by atoms with Crippen molar-refractivity contribution in [1.82, 2.24) is 15.3 Å². The van der Waals surface area contributed by atoms with Crippen molar-refractivity contribution in [2.75, 3.05) is 27.2 Å². The number of amides is 1. The molecule has 1 saturated heterocycles. The number of piperidine rings is 1. The van der Waals surface area contributed by atoms with E-state index in [0.717, 1.165) is 24.2 Å². The van der Waals surface area contributed by atoms with Crippen LogP contribution in [0.2, 0.25) is 0 Å². The summed E-state index contributed by atoms with van der Waals surface area (Å²) in [6, 6.07) is 3.40. The van der Waals surface area contributed by atoms with Crippen molar-refractivity contribution >= 4 is 5.91 Å². The van der Waals surface area contributed by atoms with Gasteiger partial charge in [-0.15, -0.1) is 0 Å². The van der Waals surface area contributed by atoms with Crippen molar-refractivity contribution < 1.29 is 24.9 Å². The van der Waals surface area contributed by atoms with Crippen LogP contribution in [0.5, 0.6) is 11.5 Å². The number of benzene rings is 1. The second kappa shape index (κ2) is 7.10. The van der Waals surface area contributed by atoms with E-state index in [1.165, 1.54) is 17.9 Å². The second-order valence-electron chi connectivity index (χ2n) is 10.3. The van der Waals surface area contributed by atoms with E-state index < -0.39 is 23.0 Å². The number of phenolic OH excluding ortho intramolecular Hbond substituents is 1. The van der Waals surface area contributed by atoms with Gasteiger partial charge in [-0.3, -0.25) is 15.1 Å². The lowest BCUT2D eigenvalue weighted by atomic mass is 9.53. The minimum absolute atomic E-state index is 0.0107. The molecular formula is C24H33N3O5. The molecule has 8 heteroatoms. The Hall–Kier alpha value is -2.29. The molecule has 1 aromatic carbocycles. The third-order valence-corrected chi connectivity index (χ3v) is 8.04. The Morgan fingerprint density at radius 2 is 2.06 bits per heavy atom. The van der Waals surface area contributed by atoms with Crippen molar-refractivity contribution in [3.05, 3.63) is 34.6 Å². The monoisotopic (exact) mass is 443 g/mol. The summed E-state index contributed by atoms with van der Waals surface area (Å²) in [5.74, 6) is 0.351. The number of carbonyl (C=O) groups is 1. The van der Waals surface area contributed by atoms with Gasteiger partial charge in [-0.1, -0.05) is 6.07 Å². The Morgan fingerprint density at radius 1 is 1.34 bits per heavy atom. The lowest BCUT2D eigenvalue weighted by Crippen LogP contribution is -2.73. The molecule has 0 unspecified atom stereocenters. The summed E-state index contributed by atoms with van der Waals surface area (Å²) in [5, 5.41) is 35.5. The number of aliphatic hydroxyl groups is 2. The highest BCUT2D eigenvalue weighted by Crippen LogP contribution is 2.63. The molecule has 4 N–H and O–H groups in total. The summed E-state index contributed by atoms with van der Waals surface area (Å²) < 4.78 is 6.21. The average molecular weight is 444 g/mol. The Morgan fingerprint density at radius 3 is 2.72 bits per heavy atom. The van der Waals surface area contributed by atoms with Gasteiger partial charge < -0.3 is 20.1 Å². The molecule has 8 nitrogen and oxygen atoms in total. The highest BCUT2D eigenvalue weighted by Gasteiger charge is 2.69. The van der Waals surface area contributed by atoms with Gasteiger partial charge in [0, 0.05) is 32.2 Å². The molecular weight excluding hydrogens is 410 g/mol. The quantitative estimate of drug-likeness (QED) is 0.311. The van der Waals surface area contributed by atoms with Crippen LogP contribution in [0.1, 0.15) is 44.2 Å². The number of ether oxygens (including phenoxy) is 1. The molecule has 174 valence electrons. The average Bonchev–Trinajstić information content (AvgIpc) is 3.46. The number of aromatic hydroxyl groups is 1. The van der Waals surface area contributed by atoms with Crippen LogP contribution in [-0.4, -0.2) is 76.1 Å². The first-order valence-electron chi connectivity index (χ1n) is 11.4. The molecule has 1 spiro atoms. The number of likely N-dealkylation sites (tertiary alicyclic amines) is 1. The molecule has 2 fully saturated rings. The highest BCUT2D eigenvalue weighted by atomic mass is 16.5. The Kier molecular flexibility index (Phi) is 4.78. The van der Waals surface area contributed by atoms with Crippen molar-refractivity contribution in [2.24, 2.45) is 5.92 Å². The standard InChI is InChI=1S/C24H33N3O5/c1-13(22(30)25-26(3)4)19(29)21-24-9-10-27(12-14-5-6-14)17(23(24,2)31)11-15-7-8-16(28)20(32-21)18(15)24/h7-8,14,17,21,28-29,31H,5-6,9-12H2,1-4H3,(H,25,30)/b19-13-/t17-,21+,23-,24+/m1/s1. The smallest absolute Gasteiger partial charge is 0.264 e. The maximum atomic E-state index is 12.6. The summed E-state index contributed by atoms with van der Waals surface area (Å²) in [4.78, 5) is 15.0. The normalized spacial score (nSPS) is 34.1. The fourth-order valence-corrected chi connectivity index (χ4v) is 6.17. The zero-order valence-electron chi connectivity index (χ0n) is 19.2. The number of hydrogen-bond acceptors (Lipinski definition) is 7. The molecule has 1 aromatic rings. The van der Waals surface area contributed by atoms with Crippen LogP contribution >= 0.6 is 0 Å². The van der Waals surface area contributed by atoms with Crippen molar-refractivity contribution in [2.45, 2.75) is 62.7 Å². The van der Waals surface area contributed by atoms with Crippen molar-refractivity contribution in [3.63, 3.8) is 0 Å². The van der Waals surface area contributed by atoms with Crippen molar-refractivity contribution in [1.29, 1.82) is 0 Å². The topological polar surface area (TPSA) is 106 Å². The molecule has 32 heavy (non-hydrogen) atoms. The molecule has 5 rings (SSSR count). The lowest BCUT2D eigenvalue weighted by Gasteiger charge is -2.59. The van der Waals surface area contributed by atoms with Crippen molar-refractivity contribution in [3.8, 4) is 11.5 Å². The minimum Gasteiger partial charge on any atom is -0.508 e. The molecule has 2 aliphatic heterocycles. The van der Waals surface area contributed by atoms with Crippen LogP contribution in [0.25, 0.3) is 0 Å². The van der Waals surface area contributed by atoms with Gasteiger partial charge in [0.15, 0.2) is 17.6 Å². The Bertz CT molecular complexity index is 1000. The number of fused-ring (bicyclic) bond motifs is 1. The number of rotatable bonds is 5. The first-order valence-corrected chi connectivity index (χ1v) is 11.4. The van der Waals surface area contributed by atoms with E-state index >= 15 is 0 Å². The number of hydrazine groups is 1. The van der Waals surface area contributed by atoms with Gasteiger partial charge in [0.2, 0.25) is 0 Å². The van der Waals surface area contributed by atoms with E-state index in [1.54, 1.807) is 27.1 Å². The van der Waals surface area contributed by atoms with E-state index in [4.69, 9.17) is 4.74 Å². The molecule has 0 aromatic heterocycles. The van der Waals surface area contributed by atoms with E-state index in [9.17, 15) is 20.1 Å². The predicted molar refractivity (Wildman–Crippen MR) is 118 cm³/mol. The van der Waals surface area contributed by atoms with Crippen LogP contribution < -0.4 is 10.2 Å². The molecule has 1 saturated carbocycles. The van der Waals surface area contributed by atoms with E-state index in [1.807, 2.05) is 13.0 Å². The van der Waals surface area contributed by atoms with Gasteiger partial charge in [0.25, 0.3) is 5.91 Å². The summed E-state index contributed by atoms with van der Waals surface area (Å²) in [7, 11) is 3.39. The third kappa shape index (κ3) is 2.89. The van der Waals surface area contributed by atoms with E-state index in [-0.39, 0.29) is 23.1 Å². The van der Waals surface area contributed by atoms with Crippen LogP contribution in [0.3, 0.4) is 0 Å². The minimum atomic E-state index is -1.22. The fourth-order valence-electron chi connectivity index (χ4n) is 6.17. The van der Waals surface area contributed by atoms with Crippen LogP contribution in [0.15, 0.2) is 23.5 Å². The largest absolute Gasteiger partial charge is 0.508 e. The zero-order chi connectivity index (χ0) is 23.0. The van der Waals surface area contributed by atoms with E-state index in [0.29, 0.717) is 24.5 Å². The first-order chi connectivity index (χ1) is 15.1. The summed E-state index contributed by atoms with van der Waals surface area (Å²) >= 11 is 0. The Labute approximate surface area is 188 Å². The number of phenols is 1. The molecule has 1 amide bonds. The van der Waals surface area contributed by atoms with Gasteiger partial charge in [-0.05, 0) is 63.6 Å². The van der Waals surface area contributed by atoms with E-state index in [2.05, 4.69) is 10.3 Å². The number of nitrogens with zero attached hydrogens (tertiary/aromatic N) is 2. The van der Waals surface area contributed by atoms with Gasteiger partial charge in [-0.2, -0.15) is 0 Å². The molecule has 2 aliphatic carbocycles. The molecule has 4 aliphatic rings. The first kappa shape index (κ1) is 21.6. The van der Waals surface area contributed by atoms with Gasteiger partial charge in [-0.25, -0.2) is 5.01 Å². The maximum absolute atomic E-state index is 12.6. The zero-order valence-corrected chi connectivity index (χ0v) is 19.2. The molecule has 4 atom stereocenters. The SMILES string of the molecule is C/C(C(=O)NN(C)C)=C(/O)[C@@H]1Oc2c(O)ccc3c2[C@@]12CCN(CC1CC1)[C@H](C3)[C@@]2(C)O. The van der Waals surface area contributed by atoms with Crippen LogP contribution in [0, 0.1) is 5.92 Å². The summed E-state index contributed by atoms with van der Waals surface area (Å²) in [5.41, 5.74) is 2.41. The molecule has 2 heterocycles. The predicted octanol–water partition coefficient (Wildman–Crippen LogP) is 1.61. The summed E-state index contributed by atoms with van der Waals surface area (Å²) in [6.45, 7) is 5.11. The van der Waals surface area contributed by atoms with Gasteiger partial charge in [0.1, 0.15) is 5.76 Å². The molecule has 2 bridgehead atoms. The number of hydrogen-bond donors (Lipinski definition) is 4. The number of carbonyl (C=O) groups excluding carboxylic acids is 1. The van der Waals surface area contributed by atoms with Gasteiger partial charge >= 0.3 is 0 Å². The highest BCUT2D eigenvalue weighted by molar-refractivity contribution is 5.93. The lowest BCUT2D eigenvalue weighted by molar-refractivity contribution is -0.153. The maximum Gasteiger partial charge on any atom is 0.264 e. The Balaban J connectivity index is 1.64. The molecule has 0 radical (unpaired) electrons. The summed E-state index contributed by atoms with van der Waals surface area (Å²) in [6.07, 6.45) is 2.73.